The number of hydrogen-bond acceptors (Lipinski definition) is 4. The molecule has 0 aliphatic carbocycles. The fourth-order valence-corrected chi connectivity index (χ4v) is 3.40. The van der Waals surface area contributed by atoms with E-state index in [9.17, 15) is 9.90 Å². The average Bonchev–Trinajstić information content (AvgIpc) is 2.86. The predicted octanol–water partition coefficient (Wildman–Crippen LogP) is 1.97. The third kappa shape index (κ3) is 2.20. The zero-order chi connectivity index (χ0) is 16.0. The summed E-state index contributed by atoms with van der Waals surface area (Å²) in [7, 11) is 0. The summed E-state index contributed by atoms with van der Waals surface area (Å²) < 4.78 is 6.17. The van der Waals surface area contributed by atoms with Gasteiger partial charge in [0.2, 0.25) is 5.91 Å². The lowest BCUT2D eigenvalue weighted by Gasteiger charge is -2.39. The first-order chi connectivity index (χ1) is 11.1. The molecule has 2 bridgehead atoms. The smallest absolute Gasteiger partial charge is 0.247 e. The van der Waals surface area contributed by atoms with E-state index in [1.54, 1.807) is 17.0 Å². The van der Waals surface area contributed by atoms with Crippen molar-refractivity contribution in [1.29, 1.82) is 0 Å². The molecule has 2 aromatic carbocycles. The second-order valence-electron chi connectivity index (χ2n) is 6.08. The number of carbonyl (C=O) groups is 1. The molecule has 0 aromatic heterocycles. The van der Waals surface area contributed by atoms with Gasteiger partial charge in [-0.2, -0.15) is 0 Å². The highest BCUT2D eigenvalue weighted by atomic mass is 16.5. The van der Waals surface area contributed by atoms with Crippen molar-refractivity contribution < 1.29 is 14.6 Å². The number of ether oxygens (including phenoxy) is 1. The SMILES string of the molecule is CC1OC2(c3ccc(O)cc3)CN(c3ccccc3)C(=O)C1N2. The molecule has 2 heterocycles. The lowest BCUT2D eigenvalue weighted by atomic mass is 9.98. The molecule has 2 fully saturated rings. The summed E-state index contributed by atoms with van der Waals surface area (Å²) in [5.41, 5.74) is 1.02. The van der Waals surface area contributed by atoms with Crippen molar-refractivity contribution in [2.75, 3.05) is 11.4 Å². The van der Waals surface area contributed by atoms with Crippen LogP contribution < -0.4 is 10.2 Å². The largest absolute Gasteiger partial charge is 0.508 e. The number of phenols is 1. The molecule has 2 N–H and O–H groups in total. The van der Waals surface area contributed by atoms with Gasteiger partial charge in [-0.1, -0.05) is 30.3 Å². The van der Waals surface area contributed by atoms with Crippen LogP contribution in [0.3, 0.4) is 0 Å². The van der Waals surface area contributed by atoms with Gasteiger partial charge in [0, 0.05) is 11.3 Å². The van der Waals surface area contributed by atoms with E-state index in [1.165, 1.54) is 0 Å². The van der Waals surface area contributed by atoms with Crippen molar-refractivity contribution in [3.8, 4) is 5.75 Å². The maximum Gasteiger partial charge on any atom is 0.247 e. The van der Waals surface area contributed by atoms with Crippen LogP contribution >= 0.6 is 0 Å². The van der Waals surface area contributed by atoms with Crippen molar-refractivity contribution in [2.45, 2.75) is 24.8 Å². The Morgan fingerprint density at radius 2 is 1.87 bits per heavy atom. The van der Waals surface area contributed by atoms with Gasteiger partial charge in [-0.15, -0.1) is 0 Å². The summed E-state index contributed by atoms with van der Waals surface area (Å²) in [6, 6.07) is 16.2. The van der Waals surface area contributed by atoms with Gasteiger partial charge >= 0.3 is 0 Å². The number of benzene rings is 2. The number of rotatable bonds is 2. The molecular weight excluding hydrogens is 292 g/mol. The Hall–Kier alpha value is -2.37. The molecule has 4 rings (SSSR count). The van der Waals surface area contributed by atoms with E-state index < -0.39 is 5.72 Å². The number of nitrogens with zero attached hydrogens (tertiary/aromatic N) is 1. The second kappa shape index (κ2) is 5.08. The first-order valence-electron chi connectivity index (χ1n) is 7.70. The molecule has 2 aliphatic heterocycles. The molecule has 0 spiro atoms. The third-order valence-corrected chi connectivity index (χ3v) is 4.56. The van der Waals surface area contributed by atoms with Crippen LogP contribution in [0.15, 0.2) is 54.6 Å². The zero-order valence-electron chi connectivity index (χ0n) is 12.8. The van der Waals surface area contributed by atoms with E-state index >= 15 is 0 Å². The van der Waals surface area contributed by atoms with Crippen molar-refractivity contribution in [2.24, 2.45) is 0 Å². The van der Waals surface area contributed by atoms with E-state index in [0.29, 0.717) is 6.54 Å². The van der Waals surface area contributed by atoms with Gasteiger partial charge in [0.05, 0.1) is 12.6 Å². The zero-order valence-corrected chi connectivity index (χ0v) is 12.8. The maximum absolute atomic E-state index is 12.8. The van der Waals surface area contributed by atoms with Crippen molar-refractivity contribution in [3.05, 3.63) is 60.2 Å². The molecule has 1 amide bonds. The molecule has 118 valence electrons. The Morgan fingerprint density at radius 3 is 2.57 bits per heavy atom. The number of nitrogens with one attached hydrogen (secondary N) is 1. The van der Waals surface area contributed by atoms with Crippen molar-refractivity contribution >= 4 is 11.6 Å². The molecule has 2 aromatic rings. The fourth-order valence-electron chi connectivity index (χ4n) is 3.40. The Balaban J connectivity index is 1.76. The molecule has 3 unspecified atom stereocenters. The van der Waals surface area contributed by atoms with E-state index in [0.717, 1.165) is 11.3 Å². The number of amides is 1. The Morgan fingerprint density at radius 1 is 1.17 bits per heavy atom. The summed E-state index contributed by atoms with van der Waals surface area (Å²) >= 11 is 0. The van der Waals surface area contributed by atoms with Crippen LogP contribution in [0.5, 0.6) is 5.75 Å². The number of carbonyl (C=O) groups excluding carboxylic acids is 1. The van der Waals surface area contributed by atoms with E-state index in [4.69, 9.17) is 4.74 Å². The predicted molar refractivity (Wildman–Crippen MR) is 86.1 cm³/mol. The first kappa shape index (κ1) is 14.2. The van der Waals surface area contributed by atoms with Gasteiger partial charge in [-0.25, -0.2) is 0 Å². The molecular formula is C18H18N2O3. The Labute approximate surface area is 134 Å². The number of phenolic OH excluding ortho intramolecular Hbond substituents is 1. The van der Waals surface area contributed by atoms with Crippen molar-refractivity contribution in [3.63, 3.8) is 0 Å². The third-order valence-electron chi connectivity index (χ3n) is 4.56. The Bertz CT molecular complexity index is 732. The molecule has 0 saturated carbocycles. The van der Waals surface area contributed by atoms with E-state index in [-0.39, 0.29) is 23.8 Å². The average molecular weight is 310 g/mol. The molecule has 5 heteroatoms. The van der Waals surface area contributed by atoms with Gasteiger partial charge in [0.1, 0.15) is 11.8 Å². The van der Waals surface area contributed by atoms with Gasteiger partial charge in [0.15, 0.2) is 5.72 Å². The topological polar surface area (TPSA) is 61.8 Å². The van der Waals surface area contributed by atoms with Crippen LogP contribution in [0, 0.1) is 0 Å². The van der Waals surface area contributed by atoms with Crippen LogP contribution in [0.2, 0.25) is 0 Å². The van der Waals surface area contributed by atoms with Crippen molar-refractivity contribution in [1.82, 2.24) is 5.32 Å². The molecule has 23 heavy (non-hydrogen) atoms. The summed E-state index contributed by atoms with van der Waals surface area (Å²) in [5.74, 6) is 0.232. The summed E-state index contributed by atoms with van der Waals surface area (Å²) in [6.45, 7) is 2.30. The van der Waals surface area contributed by atoms with E-state index in [1.807, 2.05) is 49.4 Å². The van der Waals surface area contributed by atoms with Crippen LogP contribution in [-0.4, -0.2) is 29.7 Å². The Kier molecular flexibility index (Phi) is 3.14. The fraction of sp³-hybridized carbons (Fsp3) is 0.278. The summed E-state index contributed by atoms with van der Waals surface area (Å²) in [6.07, 6.45) is -0.218. The van der Waals surface area contributed by atoms with Gasteiger partial charge in [-0.05, 0) is 31.2 Å². The van der Waals surface area contributed by atoms with Crippen LogP contribution in [0.1, 0.15) is 12.5 Å². The molecule has 2 aliphatic rings. The number of fused-ring (bicyclic) bond motifs is 2. The number of aromatic hydroxyl groups is 1. The highest BCUT2D eigenvalue weighted by Gasteiger charge is 2.55. The number of para-hydroxylation sites is 1. The lowest BCUT2D eigenvalue weighted by molar-refractivity contribution is -0.122. The summed E-state index contributed by atoms with van der Waals surface area (Å²) in [4.78, 5) is 14.5. The van der Waals surface area contributed by atoms with E-state index in [2.05, 4.69) is 5.32 Å². The maximum atomic E-state index is 12.8. The van der Waals surface area contributed by atoms with Crippen LogP contribution in [0.25, 0.3) is 0 Å². The minimum Gasteiger partial charge on any atom is -0.508 e. The molecule has 3 atom stereocenters. The minimum atomic E-state index is -0.748. The molecule has 0 radical (unpaired) electrons. The van der Waals surface area contributed by atoms with Gasteiger partial charge in [-0.3, -0.25) is 10.1 Å². The quantitative estimate of drug-likeness (QED) is 0.890. The van der Waals surface area contributed by atoms with Crippen LogP contribution in [-0.2, 0) is 15.3 Å². The first-order valence-corrected chi connectivity index (χ1v) is 7.70. The van der Waals surface area contributed by atoms with Gasteiger partial charge < -0.3 is 14.7 Å². The highest BCUT2D eigenvalue weighted by Crippen LogP contribution is 2.39. The number of anilines is 1. The lowest BCUT2D eigenvalue weighted by Crippen LogP contribution is -2.61. The highest BCUT2D eigenvalue weighted by molar-refractivity contribution is 5.99. The minimum absolute atomic E-state index is 0.0237. The summed E-state index contributed by atoms with van der Waals surface area (Å²) in [5, 5.41) is 12.9. The number of hydrogen-bond donors (Lipinski definition) is 2. The second-order valence-corrected chi connectivity index (χ2v) is 6.08. The monoisotopic (exact) mass is 310 g/mol. The molecule has 5 nitrogen and oxygen atoms in total. The van der Waals surface area contributed by atoms with Gasteiger partial charge in [0.25, 0.3) is 0 Å². The van der Waals surface area contributed by atoms with Crippen LogP contribution in [0.4, 0.5) is 5.69 Å². The number of piperazine rings is 1. The normalized spacial score (nSPS) is 29.8. The standard InChI is InChI=1S/C18H18N2O3/c1-12-16-17(22)20(14-5-3-2-4-6-14)11-18(19-16,23-12)13-7-9-15(21)10-8-13/h2-10,12,16,19,21H,11H2,1H3. The molecule has 2 saturated heterocycles.